The number of carbonyl (C=O) groups is 1. The van der Waals surface area contributed by atoms with Crippen molar-refractivity contribution in [3.63, 3.8) is 0 Å². The molecule has 0 saturated carbocycles. The number of nitrogens with one attached hydrogen (secondary N) is 3. The predicted molar refractivity (Wildman–Crippen MR) is 96.6 cm³/mol. The van der Waals surface area contributed by atoms with Gasteiger partial charge in [-0.3, -0.25) is 4.79 Å². The topological polar surface area (TPSA) is 75.0 Å². The number of amides is 1. The summed E-state index contributed by atoms with van der Waals surface area (Å²) in [5, 5.41) is 17.6. The number of fused-ring (bicyclic) bond motifs is 3. The first-order chi connectivity index (χ1) is 12.1. The first-order valence-corrected chi connectivity index (χ1v) is 9.37. The van der Waals surface area contributed by atoms with Crippen LogP contribution in [0.25, 0.3) is 0 Å². The van der Waals surface area contributed by atoms with Gasteiger partial charge in [0.15, 0.2) is 0 Å². The number of hydrogen-bond donors (Lipinski definition) is 4. The van der Waals surface area contributed by atoms with Crippen LogP contribution in [0.3, 0.4) is 0 Å². The highest BCUT2D eigenvalue weighted by atomic mass is 32.1. The van der Waals surface area contributed by atoms with Crippen LogP contribution in [0, 0.1) is 0 Å². The van der Waals surface area contributed by atoms with Crippen LogP contribution < -0.4 is 20.3 Å². The number of likely N-dealkylation sites (N-methyl/N-ethyl adjacent to an activating group) is 1. The van der Waals surface area contributed by atoms with Gasteiger partial charge in [0.1, 0.15) is 29.2 Å². The normalized spacial score (nSPS) is 21.8. The van der Waals surface area contributed by atoms with E-state index in [1.807, 2.05) is 6.92 Å². The van der Waals surface area contributed by atoms with Gasteiger partial charge in [-0.2, -0.15) is 0 Å². The number of carbonyl (C=O) groups excluding carboxylic acids is 1. The number of aromatic hydroxyl groups is 1. The standard InChI is InChI=1S/C18H21N3O3S/c1-3-24-10-4-5-11(13(22)8-10)16-19-17(23)15-12-6-7-21(2)9-14(12)25-18(15)20-16/h4-5,8,16,20,22H,3,6-7,9H2,1-2H3,(H,19,23)/p+1. The first-order valence-electron chi connectivity index (χ1n) is 8.55. The maximum atomic E-state index is 12.7. The second kappa shape index (κ2) is 6.24. The molecule has 2 unspecified atom stereocenters. The van der Waals surface area contributed by atoms with Gasteiger partial charge in [-0.1, -0.05) is 0 Å². The number of anilines is 1. The Morgan fingerprint density at radius 2 is 2.24 bits per heavy atom. The van der Waals surface area contributed by atoms with Crippen molar-refractivity contribution in [3.8, 4) is 11.5 Å². The van der Waals surface area contributed by atoms with E-state index < -0.39 is 6.17 Å². The Kier molecular flexibility index (Phi) is 4.05. The van der Waals surface area contributed by atoms with Crippen molar-refractivity contribution in [3.05, 3.63) is 39.8 Å². The quantitative estimate of drug-likeness (QED) is 0.665. The van der Waals surface area contributed by atoms with Crippen molar-refractivity contribution in [2.75, 3.05) is 25.5 Å². The minimum atomic E-state index is -0.444. The lowest BCUT2D eigenvalue weighted by Gasteiger charge is -2.27. The van der Waals surface area contributed by atoms with Crippen molar-refractivity contribution < 1.29 is 19.5 Å². The van der Waals surface area contributed by atoms with Gasteiger partial charge in [0, 0.05) is 18.1 Å². The number of phenols is 1. The predicted octanol–water partition coefficient (Wildman–Crippen LogP) is 1.28. The van der Waals surface area contributed by atoms with Gasteiger partial charge in [0.25, 0.3) is 5.91 Å². The molecule has 2 atom stereocenters. The van der Waals surface area contributed by atoms with Crippen molar-refractivity contribution in [1.29, 1.82) is 0 Å². The molecule has 132 valence electrons. The molecule has 0 saturated heterocycles. The molecule has 2 aliphatic heterocycles. The molecule has 6 nitrogen and oxygen atoms in total. The zero-order chi connectivity index (χ0) is 17.6. The molecule has 3 heterocycles. The van der Waals surface area contributed by atoms with Crippen LogP contribution in [-0.2, 0) is 13.0 Å². The van der Waals surface area contributed by atoms with Gasteiger partial charge in [0.05, 0.1) is 30.6 Å². The number of ether oxygens (including phenoxy) is 1. The van der Waals surface area contributed by atoms with Crippen LogP contribution >= 0.6 is 11.3 Å². The van der Waals surface area contributed by atoms with Crippen molar-refractivity contribution >= 4 is 22.2 Å². The largest absolute Gasteiger partial charge is 0.507 e. The van der Waals surface area contributed by atoms with Crippen molar-refractivity contribution in [2.45, 2.75) is 26.1 Å². The zero-order valence-corrected chi connectivity index (χ0v) is 15.1. The van der Waals surface area contributed by atoms with E-state index in [9.17, 15) is 9.90 Å². The van der Waals surface area contributed by atoms with Crippen LogP contribution in [-0.4, -0.2) is 31.2 Å². The summed E-state index contributed by atoms with van der Waals surface area (Å²) in [5.41, 5.74) is 2.61. The molecule has 0 aliphatic carbocycles. The van der Waals surface area contributed by atoms with Crippen molar-refractivity contribution in [1.82, 2.24) is 5.32 Å². The SMILES string of the molecule is CCOc1ccc(C2NC(=O)c3c(sc4c3CC[NH+](C)C4)N2)c(O)c1. The molecule has 1 aromatic heterocycles. The molecular formula is C18H22N3O3S+. The van der Waals surface area contributed by atoms with Gasteiger partial charge in [0.2, 0.25) is 0 Å². The second-order valence-electron chi connectivity index (χ2n) is 6.55. The number of quaternary nitrogens is 1. The van der Waals surface area contributed by atoms with Crippen LogP contribution in [0.5, 0.6) is 11.5 Å². The third kappa shape index (κ3) is 2.83. The summed E-state index contributed by atoms with van der Waals surface area (Å²) >= 11 is 1.66. The molecular weight excluding hydrogens is 338 g/mol. The van der Waals surface area contributed by atoms with Crippen LogP contribution in [0.1, 0.15) is 39.5 Å². The molecule has 0 bridgehead atoms. The van der Waals surface area contributed by atoms with Crippen LogP contribution in [0.2, 0.25) is 0 Å². The number of thiophene rings is 1. The lowest BCUT2D eigenvalue weighted by Crippen LogP contribution is -3.08. The molecule has 4 N–H and O–H groups in total. The molecule has 2 aromatic rings. The number of hydrogen-bond acceptors (Lipinski definition) is 5. The Balaban J connectivity index is 1.65. The highest BCUT2D eigenvalue weighted by Crippen LogP contribution is 2.40. The van der Waals surface area contributed by atoms with E-state index >= 15 is 0 Å². The van der Waals surface area contributed by atoms with Gasteiger partial charge >= 0.3 is 0 Å². The van der Waals surface area contributed by atoms with E-state index in [2.05, 4.69) is 17.7 Å². The molecule has 1 aromatic carbocycles. The highest BCUT2D eigenvalue weighted by Gasteiger charge is 2.34. The van der Waals surface area contributed by atoms with Gasteiger partial charge in [-0.15, -0.1) is 11.3 Å². The van der Waals surface area contributed by atoms with Gasteiger partial charge in [-0.25, -0.2) is 0 Å². The minimum absolute atomic E-state index is 0.0657. The second-order valence-corrected chi connectivity index (χ2v) is 7.65. The Labute approximate surface area is 150 Å². The molecule has 7 heteroatoms. The smallest absolute Gasteiger partial charge is 0.256 e. The monoisotopic (exact) mass is 360 g/mol. The fraction of sp³-hybridized carbons (Fsp3) is 0.389. The molecule has 2 aliphatic rings. The summed E-state index contributed by atoms with van der Waals surface area (Å²) in [5.74, 6) is 0.658. The Hall–Kier alpha value is -2.25. The average molecular weight is 360 g/mol. The summed E-state index contributed by atoms with van der Waals surface area (Å²) in [6.07, 6.45) is 0.488. The highest BCUT2D eigenvalue weighted by molar-refractivity contribution is 7.16. The van der Waals surface area contributed by atoms with Gasteiger partial charge in [-0.05, 0) is 24.6 Å². The summed E-state index contributed by atoms with van der Waals surface area (Å²) < 4.78 is 5.40. The fourth-order valence-corrected chi connectivity index (χ4v) is 4.90. The summed E-state index contributed by atoms with van der Waals surface area (Å²) in [6.45, 7) is 4.44. The molecule has 0 fully saturated rings. The van der Waals surface area contributed by atoms with E-state index in [1.54, 1.807) is 29.5 Å². The lowest BCUT2D eigenvalue weighted by molar-refractivity contribution is -0.895. The number of rotatable bonds is 3. The third-order valence-electron chi connectivity index (χ3n) is 4.76. The lowest BCUT2D eigenvalue weighted by atomic mass is 10.0. The number of benzene rings is 1. The maximum absolute atomic E-state index is 12.7. The minimum Gasteiger partial charge on any atom is -0.507 e. The maximum Gasteiger partial charge on any atom is 0.256 e. The molecule has 0 radical (unpaired) electrons. The summed E-state index contributed by atoms with van der Waals surface area (Å²) in [7, 11) is 2.18. The van der Waals surface area contributed by atoms with E-state index in [1.165, 1.54) is 15.3 Å². The fourth-order valence-electron chi connectivity index (χ4n) is 3.51. The third-order valence-corrected chi connectivity index (χ3v) is 5.92. The van der Waals surface area contributed by atoms with E-state index in [0.29, 0.717) is 17.9 Å². The van der Waals surface area contributed by atoms with Crippen molar-refractivity contribution in [2.24, 2.45) is 0 Å². The first kappa shape index (κ1) is 16.2. The number of phenolic OH excluding ortho intramolecular Hbond substituents is 1. The van der Waals surface area contributed by atoms with E-state index in [0.717, 1.165) is 30.1 Å². The van der Waals surface area contributed by atoms with Crippen LogP contribution in [0.15, 0.2) is 18.2 Å². The zero-order valence-electron chi connectivity index (χ0n) is 14.3. The molecule has 25 heavy (non-hydrogen) atoms. The molecule has 4 rings (SSSR count). The van der Waals surface area contributed by atoms with E-state index in [-0.39, 0.29) is 11.7 Å². The molecule has 0 spiro atoms. The molecule has 1 amide bonds. The summed E-state index contributed by atoms with van der Waals surface area (Å²) in [6, 6.07) is 5.17. The average Bonchev–Trinajstić information content (AvgIpc) is 2.92. The summed E-state index contributed by atoms with van der Waals surface area (Å²) in [4.78, 5) is 15.5. The Morgan fingerprint density at radius 1 is 1.40 bits per heavy atom. The van der Waals surface area contributed by atoms with Crippen LogP contribution in [0.4, 0.5) is 5.00 Å². The Morgan fingerprint density at radius 3 is 3.00 bits per heavy atom. The Bertz CT molecular complexity index is 833. The van der Waals surface area contributed by atoms with E-state index in [4.69, 9.17) is 4.74 Å². The van der Waals surface area contributed by atoms with Gasteiger partial charge < -0.3 is 25.4 Å².